The van der Waals surface area contributed by atoms with E-state index >= 15 is 0 Å². The molecule has 21 heavy (non-hydrogen) atoms. The van der Waals surface area contributed by atoms with Gasteiger partial charge in [-0.2, -0.15) is 0 Å². The van der Waals surface area contributed by atoms with Gasteiger partial charge in [0.05, 0.1) is 0 Å². The molecule has 1 aliphatic carbocycles. The van der Waals surface area contributed by atoms with Crippen LogP contribution in [0.4, 0.5) is 0 Å². The summed E-state index contributed by atoms with van der Waals surface area (Å²) >= 11 is 1.22. The quantitative estimate of drug-likeness (QED) is 0.856. The molecule has 0 bridgehead atoms. The molecule has 3 rings (SSSR count). The van der Waals surface area contributed by atoms with Gasteiger partial charge in [0.1, 0.15) is 4.21 Å². The molecule has 0 spiro atoms. The molecule has 1 aliphatic rings. The Hall–Kier alpha value is -1.21. The van der Waals surface area contributed by atoms with Crippen molar-refractivity contribution in [3.63, 3.8) is 0 Å². The Morgan fingerprint density at radius 2 is 1.95 bits per heavy atom. The van der Waals surface area contributed by atoms with Gasteiger partial charge in [-0.15, -0.1) is 11.3 Å². The van der Waals surface area contributed by atoms with Crippen LogP contribution in [0, 0.1) is 0 Å². The lowest BCUT2D eigenvalue weighted by atomic mass is 10.1. The summed E-state index contributed by atoms with van der Waals surface area (Å²) in [5.74, 6) is 0.276. The van der Waals surface area contributed by atoms with Gasteiger partial charge in [-0.3, -0.25) is 0 Å². The van der Waals surface area contributed by atoms with Crippen molar-refractivity contribution in [3.8, 4) is 0 Å². The summed E-state index contributed by atoms with van der Waals surface area (Å²) in [5, 5.41) is 8.89. The predicted molar refractivity (Wildman–Crippen MR) is 83.0 cm³/mol. The number of sulfonamides is 1. The molecule has 4 nitrogen and oxygen atoms in total. The standard InChI is InChI=1S/C15H17NO3S2/c17-9-8-12-6-7-15(20-12)21(18,19)16-14-10-13(14)11-4-2-1-3-5-11/h1-7,13-14,16-17H,8-10H2. The molecule has 0 aliphatic heterocycles. The zero-order valence-corrected chi connectivity index (χ0v) is 13.0. The van der Waals surface area contributed by atoms with Crippen LogP contribution in [-0.2, 0) is 16.4 Å². The smallest absolute Gasteiger partial charge is 0.250 e. The van der Waals surface area contributed by atoms with E-state index in [2.05, 4.69) is 4.72 Å². The molecule has 1 fully saturated rings. The first kappa shape index (κ1) is 14.7. The fourth-order valence-electron chi connectivity index (χ4n) is 2.40. The second-order valence-corrected chi connectivity index (χ2v) is 8.28. The van der Waals surface area contributed by atoms with Crippen molar-refractivity contribution < 1.29 is 13.5 Å². The number of hydrogen-bond acceptors (Lipinski definition) is 4. The van der Waals surface area contributed by atoms with Gasteiger partial charge in [0.2, 0.25) is 10.0 Å². The van der Waals surface area contributed by atoms with Crippen molar-refractivity contribution in [2.24, 2.45) is 0 Å². The zero-order chi connectivity index (χ0) is 14.9. The third-order valence-corrected chi connectivity index (χ3v) is 6.71. The van der Waals surface area contributed by atoms with Crippen LogP contribution in [0.3, 0.4) is 0 Å². The number of aliphatic hydroxyl groups is 1. The van der Waals surface area contributed by atoms with Gasteiger partial charge in [0.15, 0.2) is 0 Å². The minimum Gasteiger partial charge on any atom is -0.396 e. The topological polar surface area (TPSA) is 66.4 Å². The van der Waals surface area contributed by atoms with Crippen molar-refractivity contribution in [2.75, 3.05) is 6.61 Å². The Morgan fingerprint density at radius 3 is 2.67 bits per heavy atom. The van der Waals surface area contributed by atoms with Gasteiger partial charge >= 0.3 is 0 Å². The first-order valence-corrected chi connectivity index (χ1v) is 9.17. The number of benzene rings is 1. The maximum Gasteiger partial charge on any atom is 0.250 e. The van der Waals surface area contributed by atoms with Crippen LogP contribution in [0.25, 0.3) is 0 Å². The maximum absolute atomic E-state index is 12.3. The van der Waals surface area contributed by atoms with E-state index in [-0.39, 0.29) is 18.6 Å². The van der Waals surface area contributed by atoms with Gasteiger partial charge in [0.25, 0.3) is 0 Å². The molecule has 2 atom stereocenters. The van der Waals surface area contributed by atoms with Crippen molar-refractivity contribution in [1.29, 1.82) is 0 Å². The lowest BCUT2D eigenvalue weighted by molar-refractivity contribution is 0.300. The first-order chi connectivity index (χ1) is 10.1. The first-order valence-electron chi connectivity index (χ1n) is 6.87. The summed E-state index contributed by atoms with van der Waals surface area (Å²) in [6.45, 7) is 0.0339. The fourth-order valence-corrected chi connectivity index (χ4v) is 5.05. The predicted octanol–water partition coefficient (Wildman–Crippen LogP) is 2.12. The summed E-state index contributed by atoms with van der Waals surface area (Å²) in [6, 6.07) is 13.3. The number of aliphatic hydroxyl groups excluding tert-OH is 1. The monoisotopic (exact) mass is 323 g/mol. The van der Waals surface area contributed by atoms with Crippen molar-refractivity contribution in [3.05, 3.63) is 52.9 Å². The molecule has 1 heterocycles. The minimum absolute atomic E-state index is 0.0132. The Bertz CT molecular complexity index is 710. The van der Waals surface area contributed by atoms with E-state index in [4.69, 9.17) is 5.11 Å². The highest BCUT2D eigenvalue weighted by molar-refractivity contribution is 7.91. The Kier molecular flexibility index (Phi) is 4.12. The molecule has 0 amide bonds. The van der Waals surface area contributed by atoms with Crippen LogP contribution < -0.4 is 4.72 Å². The van der Waals surface area contributed by atoms with E-state index in [1.54, 1.807) is 12.1 Å². The van der Waals surface area contributed by atoms with Crippen molar-refractivity contribution >= 4 is 21.4 Å². The number of thiophene rings is 1. The SMILES string of the molecule is O=S(=O)(NC1CC1c1ccccc1)c1ccc(CCO)s1. The molecule has 112 valence electrons. The summed E-state index contributed by atoms with van der Waals surface area (Å²) in [7, 11) is -3.45. The molecule has 2 unspecified atom stereocenters. The number of hydrogen-bond donors (Lipinski definition) is 2. The molecule has 1 aromatic carbocycles. The van der Waals surface area contributed by atoms with E-state index in [0.29, 0.717) is 10.6 Å². The average Bonchev–Trinajstić information content (AvgIpc) is 3.04. The highest BCUT2D eigenvalue weighted by Gasteiger charge is 2.41. The average molecular weight is 323 g/mol. The van der Waals surface area contributed by atoms with E-state index in [9.17, 15) is 8.42 Å². The second kappa shape index (κ2) is 5.88. The summed E-state index contributed by atoms with van der Waals surface area (Å²) in [5.41, 5.74) is 1.18. The van der Waals surface area contributed by atoms with Crippen LogP contribution in [0.2, 0.25) is 0 Å². The van der Waals surface area contributed by atoms with E-state index in [1.807, 2.05) is 30.3 Å². The second-order valence-electron chi connectivity index (χ2n) is 5.18. The number of rotatable bonds is 6. The van der Waals surface area contributed by atoms with E-state index < -0.39 is 10.0 Å². The third kappa shape index (κ3) is 3.35. The van der Waals surface area contributed by atoms with Crippen molar-refractivity contribution in [1.82, 2.24) is 4.72 Å². The largest absolute Gasteiger partial charge is 0.396 e. The molecule has 0 radical (unpaired) electrons. The van der Waals surface area contributed by atoms with E-state index in [0.717, 1.165) is 11.3 Å². The van der Waals surface area contributed by atoms with Gasteiger partial charge in [-0.05, 0) is 24.1 Å². The fraction of sp³-hybridized carbons (Fsp3) is 0.333. The molecular weight excluding hydrogens is 306 g/mol. The van der Waals surface area contributed by atoms with Crippen LogP contribution >= 0.6 is 11.3 Å². The molecule has 2 N–H and O–H groups in total. The van der Waals surface area contributed by atoms with Gasteiger partial charge in [-0.25, -0.2) is 13.1 Å². The molecule has 0 saturated heterocycles. The minimum atomic E-state index is -3.45. The molecule has 1 saturated carbocycles. The maximum atomic E-state index is 12.3. The Balaban J connectivity index is 1.67. The lowest BCUT2D eigenvalue weighted by Gasteiger charge is -2.04. The van der Waals surface area contributed by atoms with Gasteiger partial charge in [-0.1, -0.05) is 30.3 Å². The van der Waals surface area contributed by atoms with Crippen molar-refractivity contribution in [2.45, 2.75) is 29.0 Å². The number of nitrogens with one attached hydrogen (secondary N) is 1. The lowest BCUT2D eigenvalue weighted by Crippen LogP contribution is -2.26. The van der Waals surface area contributed by atoms with Crippen LogP contribution in [0.15, 0.2) is 46.7 Å². The van der Waals surface area contributed by atoms with Crippen LogP contribution in [0.5, 0.6) is 0 Å². The zero-order valence-electron chi connectivity index (χ0n) is 11.4. The van der Waals surface area contributed by atoms with Crippen LogP contribution in [0.1, 0.15) is 22.8 Å². The van der Waals surface area contributed by atoms with E-state index in [1.165, 1.54) is 16.9 Å². The highest BCUT2D eigenvalue weighted by atomic mass is 32.2. The molecule has 1 aromatic heterocycles. The Morgan fingerprint density at radius 1 is 1.19 bits per heavy atom. The summed E-state index contributed by atoms with van der Waals surface area (Å²) in [6.07, 6.45) is 1.34. The normalized spacial score (nSPS) is 21.4. The molecular formula is C15H17NO3S2. The van der Waals surface area contributed by atoms with Crippen LogP contribution in [-0.4, -0.2) is 26.2 Å². The van der Waals surface area contributed by atoms with Gasteiger partial charge < -0.3 is 5.11 Å². The summed E-state index contributed by atoms with van der Waals surface area (Å²) in [4.78, 5) is 0.883. The molecule has 2 aromatic rings. The Labute approximate surface area is 128 Å². The highest BCUT2D eigenvalue weighted by Crippen LogP contribution is 2.41. The third-order valence-electron chi connectivity index (χ3n) is 3.58. The van der Waals surface area contributed by atoms with Gasteiger partial charge in [0, 0.05) is 29.9 Å². The summed E-state index contributed by atoms with van der Waals surface area (Å²) < 4.78 is 27.7. The molecule has 6 heteroatoms.